The molecule has 0 saturated carbocycles. The molecule has 2 atom stereocenters. The fourth-order valence-corrected chi connectivity index (χ4v) is 4.36. The monoisotopic (exact) mass is 568 g/mol. The van der Waals surface area contributed by atoms with E-state index in [9.17, 15) is 9.59 Å². The zero-order valence-electron chi connectivity index (χ0n) is 24.7. The molecule has 0 aliphatic heterocycles. The van der Waals surface area contributed by atoms with Gasteiger partial charge in [0.2, 0.25) is 0 Å². The predicted octanol–water partition coefficient (Wildman–Crippen LogP) is 6.80. The molecule has 4 aromatic rings. The highest BCUT2D eigenvalue weighted by atomic mass is 16.5. The Morgan fingerprint density at radius 2 is 0.929 bits per heavy atom. The van der Waals surface area contributed by atoms with Crippen LogP contribution < -0.4 is 29.6 Å². The van der Waals surface area contributed by atoms with Crippen molar-refractivity contribution >= 4 is 23.2 Å². The molecule has 42 heavy (non-hydrogen) atoms. The van der Waals surface area contributed by atoms with Crippen LogP contribution in [-0.2, 0) is 9.59 Å². The lowest BCUT2D eigenvalue weighted by atomic mass is 9.99. The second-order valence-corrected chi connectivity index (χ2v) is 9.86. The first-order chi connectivity index (χ1) is 20.2. The third-order valence-corrected chi connectivity index (χ3v) is 6.79. The molecule has 0 fully saturated rings. The first-order valence-corrected chi connectivity index (χ1v) is 13.6. The van der Waals surface area contributed by atoms with Crippen molar-refractivity contribution in [2.24, 2.45) is 0 Å². The summed E-state index contributed by atoms with van der Waals surface area (Å²) in [5.41, 5.74) is 5.17. The van der Waals surface area contributed by atoms with Crippen LogP contribution in [0.25, 0.3) is 11.1 Å². The van der Waals surface area contributed by atoms with Gasteiger partial charge in [0, 0.05) is 11.4 Å². The van der Waals surface area contributed by atoms with E-state index in [1.807, 2.05) is 74.5 Å². The normalized spacial score (nSPS) is 12.0. The number of para-hydroxylation sites is 4. The molecule has 0 aliphatic carbocycles. The van der Waals surface area contributed by atoms with Crippen LogP contribution in [0.2, 0.25) is 0 Å². The third kappa shape index (κ3) is 7.20. The Kier molecular flexibility index (Phi) is 9.70. The summed E-state index contributed by atoms with van der Waals surface area (Å²) in [7, 11) is 3.12. The van der Waals surface area contributed by atoms with Gasteiger partial charge in [-0.2, -0.15) is 0 Å². The average Bonchev–Trinajstić information content (AvgIpc) is 2.99. The lowest BCUT2D eigenvalue weighted by molar-refractivity contribution is -0.122. The number of aryl methyl sites for hydroxylation is 2. The van der Waals surface area contributed by atoms with Gasteiger partial charge >= 0.3 is 0 Å². The summed E-state index contributed by atoms with van der Waals surface area (Å²) in [6.45, 7) is 7.27. The Hall–Kier alpha value is -4.98. The molecule has 0 aliphatic rings. The van der Waals surface area contributed by atoms with E-state index in [1.165, 1.54) is 0 Å². The Balaban J connectivity index is 1.39. The molecule has 4 aromatic carbocycles. The molecule has 8 heteroatoms. The largest absolute Gasteiger partial charge is 0.493 e. The van der Waals surface area contributed by atoms with Crippen LogP contribution in [0.1, 0.15) is 25.0 Å². The van der Waals surface area contributed by atoms with E-state index in [-0.39, 0.29) is 11.8 Å². The van der Waals surface area contributed by atoms with Crippen LogP contribution in [0, 0.1) is 13.8 Å². The van der Waals surface area contributed by atoms with Gasteiger partial charge in [-0.15, -0.1) is 0 Å². The first kappa shape index (κ1) is 30.0. The summed E-state index contributed by atoms with van der Waals surface area (Å²) in [5.74, 6) is 1.60. The van der Waals surface area contributed by atoms with Gasteiger partial charge in [0.15, 0.2) is 35.2 Å². The van der Waals surface area contributed by atoms with Crippen LogP contribution in [0.15, 0.2) is 84.9 Å². The molecule has 2 N–H and O–H groups in total. The minimum atomic E-state index is -0.728. The molecule has 4 rings (SSSR count). The van der Waals surface area contributed by atoms with Gasteiger partial charge in [-0.1, -0.05) is 36.4 Å². The number of hydrogen-bond donors (Lipinski definition) is 2. The molecule has 0 bridgehead atoms. The van der Waals surface area contributed by atoms with Gasteiger partial charge in [-0.05, 0) is 98.5 Å². The minimum absolute atomic E-state index is 0.267. The number of carbonyl (C=O) groups is 2. The third-order valence-electron chi connectivity index (χ3n) is 6.79. The topological polar surface area (TPSA) is 95.1 Å². The van der Waals surface area contributed by atoms with Crippen molar-refractivity contribution in [3.05, 3.63) is 96.1 Å². The average molecular weight is 569 g/mol. The first-order valence-electron chi connectivity index (χ1n) is 13.6. The molecular weight excluding hydrogens is 532 g/mol. The SMILES string of the molecule is COc1ccccc1OC(C)C(=O)Nc1ccc(-c2ccc(NC(=O)C(C)Oc3ccccc3OC)c(C)c2)cc1C. The molecule has 0 heterocycles. The zero-order valence-corrected chi connectivity index (χ0v) is 24.7. The van der Waals surface area contributed by atoms with E-state index in [0.29, 0.717) is 34.4 Å². The maximum Gasteiger partial charge on any atom is 0.265 e. The van der Waals surface area contributed by atoms with Crippen LogP contribution in [0.4, 0.5) is 11.4 Å². The van der Waals surface area contributed by atoms with Crippen molar-refractivity contribution in [1.82, 2.24) is 0 Å². The zero-order chi connectivity index (χ0) is 30.2. The Morgan fingerprint density at radius 3 is 1.26 bits per heavy atom. The van der Waals surface area contributed by atoms with Crippen LogP contribution in [-0.4, -0.2) is 38.2 Å². The number of ether oxygens (including phenoxy) is 4. The smallest absolute Gasteiger partial charge is 0.265 e. The van der Waals surface area contributed by atoms with Gasteiger partial charge in [-0.25, -0.2) is 0 Å². The van der Waals surface area contributed by atoms with Crippen molar-refractivity contribution in [1.29, 1.82) is 0 Å². The molecule has 0 saturated heterocycles. The highest BCUT2D eigenvalue weighted by Gasteiger charge is 2.19. The molecule has 0 radical (unpaired) electrons. The van der Waals surface area contributed by atoms with E-state index in [2.05, 4.69) is 10.6 Å². The second-order valence-electron chi connectivity index (χ2n) is 9.86. The van der Waals surface area contributed by atoms with Crippen LogP contribution in [0.5, 0.6) is 23.0 Å². The number of nitrogens with one attached hydrogen (secondary N) is 2. The Morgan fingerprint density at radius 1 is 0.571 bits per heavy atom. The molecule has 2 amide bonds. The number of carbonyl (C=O) groups excluding carboxylic acids is 2. The van der Waals surface area contributed by atoms with E-state index in [1.54, 1.807) is 52.3 Å². The molecule has 0 spiro atoms. The summed E-state index contributed by atoms with van der Waals surface area (Å²) in [5, 5.41) is 5.90. The number of benzene rings is 4. The van der Waals surface area contributed by atoms with Crippen molar-refractivity contribution in [3.63, 3.8) is 0 Å². The maximum atomic E-state index is 12.8. The van der Waals surface area contributed by atoms with Crippen LogP contribution in [0.3, 0.4) is 0 Å². The number of rotatable bonds is 11. The summed E-state index contributed by atoms with van der Waals surface area (Å²) in [6.07, 6.45) is -1.46. The van der Waals surface area contributed by atoms with Gasteiger partial charge in [0.05, 0.1) is 14.2 Å². The van der Waals surface area contributed by atoms with Gasteiger partial charge < -0.3 is 29.6 Å². The van der Waals surface area contributed by atoms with Crippen molar-refractivity contribution in [2.75, 3.05) is 24.9 Å². The van der Waals surface area contributed by atoms with Crippen molar-refractivity contribution in [2.45, 2.75) is 39.9 Å². The number of methoxy groups -OCH3 is 2. The van der Waals surface area contributed by atoms with Gasteiger partial charge in [-0.3, -0.25) is 9.59 Å². The lowest BCUT2D eigenvalue weighted by Crippen LogP contribution is -2.30. The van der Waals surface area contributed by atoms with E-state index in [4.69, 9.17) is 18.9 Å². The van der Waals surface area contributed by atoms with Crippen LogP contribution >= 0.6 is 0 Å². The Bertz CT molecular complexity index is 1450. The highest BCUT2D eigenvalue weighted by molar-refractivity contribution is 5.96. The second kappa shape index (κ2) is 13.6. The molecule has 2 unspecified atom stereocenters. The predicted molar refractivity (Wildman–Crippen MR) is 165 cm³/mol. The lowest BCUT2D eigenvalue weighted by Gasteiger charge is -2.18. The summed E-state index contributed by atoms with van der Waals surface area (Å²) in [4.78, 5) is 25.7. The van der Waals surface area contributed by atoms with E-state index >= 15 is 0 Å². The van der Waals surface area contributed by atoms with Gasteiger partial charge in [0.1, 0.15) is 0 Å². The summed E-state index contributed by atoms with van der Waals surface area (Å²) in [6, 6.07) is 26.1. The highest BCUT2D eigenvalue weighted by Crippen LogP contribution is 2.30. The standard InChI is InChI=1S/C34H36N2O6/c1-21-19-25(15-17-27(21)35-33(37)23(3)41-31-13-9-7-11-29(31)39-5)26-16-18-28(22(2)20-26)36-34(38)24(4)42-32-14-10-8-12-30(32)40-6/h7-20,23-24H,1-6H3,(H,35,37)(H,36,38). The van der Waals surface area contributed by atoms with Gasteiger partial charge in [0.25, 0.3) is 11.8 Å². The Labute approximate surface area is 246 Å². The molecular formula is C34H36N2O6. The number of anilines is 2. The summed E-state index contributed by atoms with van der Waals surface area (Å²) < 4.78 is 22.3. The quantitative estimate of drug-likeness (QED) is 0.207. The van der Waals surface area contributed by atoms with E-state index < -0.39 is 12.2 Å². The molecule has 0 aromatic heterocycles. The number of amides is 2. The van der Waals surface area contributed by atoms with Crippen molar-refractivity contribution in [3.8, 4) is 34.1 Å². The minimum Gasteiger partial charge on any atom is -0.493 e. The molecule has 218 valence electrons. The fourth-order valence-electron chi connectivity index (χ4n) is 4.36. The maximum absolute atomic E-state index is 12.8. The number of hydrogen-bond acceptors (Lipinski definition) is 6. The molecule has 8 nitrogen and oxygen atoms in total. The summed E-state index contributed by atoms with van der Waals surface area (Å²) >= 11 is 0. The fraction of sp³-hybridized carbons (Fsp3) is 0.235. The van der Waals surface area contributed by atoms with Crippen molar-refractivity contribution < 1.29 is 28.5 Å². The van der Waals surface area contributed by atoms with E-state index in [0.717, 1.165) is 22.3 Å².